The smallest absolute Gasteiger partial charge is 0.234 e. The number of benzene rings is 1. The van der Waals surface area contributed by atoms with Crippen molar-refractivity contribution in [3.8, 4) is 0 Å². The summed E-state index contributed by atoms with van der Waals surface area (Å²) in [5.41, 5.74) is 6.31. The molecule has 3 nitrogen and oxygen atoms in total. The van der Waals surface area contributed by atoms with Crippen molar-refractivity contribution in [3.05, 3.63) is 35.9 Å². The fourth-order valence-electron chi connectivity index (χ4n) is 1.19. The van der Waals surface area contributed by atoms with E-state index in [1.807, 2.05) is 30.3 Å². The molecule has 0 aliphatic carbocycles. The van der Waals surface area contributed by atoms with E-state index in [-0.39, 0.29) is 11.9 Å². The second-order valence-electron chi connectivity index (χ2n) is 2.93. The van der Waals surface area contributed by atoms with E-state index in [1.165, 1.54) is 0 Å². The highest BCUT2D eigenvalue weighted by atomic mass is 16.1. The topological polar surface area (TPSA) is 55.1 Å². The molecule has 1 aromatic rings. The molecule has 1 atom stereocenters. The zero-order chi connectivity index (χ0) is 9.68. The lowest BCUT2D eigenvalue weighted by Gasteiger charge is -2.11. The molecule has 0 unspecified atom stereocenters. The summed E-state index contributed by atoms with van der Waals surface area (Å²) in [7, 11) is 1.73. The van der Waals surface area contributed by atoms with E-state index < -0.39 is 0 Å². The largest absolute Gasteiger partial charge is 0.368 e. The van der Waals surface area contributed by atoms with Crippen molar-refractivity contribution in [2.45, 2.75) is 12.5 Å². The van der Waals surface area contributed by atoms with E-state index >= 15 is 0 Å². The van der Waals surface area contributed by atoms with Gasteiger partial charge in [0.1, 0.15) is 0 Å². The van der Waals surface area contributed by atoms with E-state index in [0.717, 1.165) is 5.56 Å². The van der Waals surface area contributed by atoms with Crippen molar-refractivity contribution >= 4 is 5.91 Å². The van der Waals surface area contributed by atoms with Crippen molar-refractivity contribution in [2.75, 3.05) is 7.05 Å². The number of carbonyl (C=O) groups excluding carboxylic acids is 1. The van der Waals surface area contributed by atoms with Gasteiger partial charge in [0.2, 0.25) is 5.91 Å². The van der Waals surface area contributed by atoms with Crippen molar-refractivity contribution in [1.29, 1.82) is 0 Å². The molecule has 70 valence electrons. The lowest BCUT2D eigenvalue weighted by atomic mass is 10.1. The van der Waals surface area contributed by atoms with E-state index in [2.05, 4.69) is 5.32 Å². The van der Waals surface area contributed by atoms with Crippen molar-refractivity contribution < 1.29 is 4.79 Å². The predicted octanol–water partition coefficient (Wildman–Crippen LogP) is 0.302. The number of carbonyl (C=O) groups is 1. The highest BCUT2D eigenvalue weighted by Gasteiger charge is 2.12. The standard InChI is InChI=1S/C10H14N2O/c1-12-9(10(11)13)7-8-5-3-2-4-6-8/h2-6,9,12H,7H2,1H3,(H2,11,13)/t9-/m1/s1. The number of hydrogen-bond acceptors (Lipinski definition) is 2. The molecule has 0 saturated carbocycles. The van der Waals surface area contributed by atoms with Gasteiger partial charge in [-0.15, -0.1) is 0 Å². The van der Waals surface area contributed by atoms with Crippen LogP contribution in [0.1, 0.15) is 5.56 Å². The van der Waals surface area contributed by atoms with Gasteiger partial charge in [-0.2, -0.15) is 0 Å². The minimum atomic E-state index is -0.314. The molecular formula is C10H14N2O. The van der Waals surface area contributed by atoms with E-state index in [0.29, 0.717) is 6.42 Å². The molecule has 0 spiro atoms. The highest BCUT2D eigenvalue weighted by Crippen LogP contribution is 2.02. The predicted molar refractivity (Wildman–Crippen MR) is 52.2 cm³/mol. The molecule has 1 rings (SSSR count). The number of likely N-dealkylation sites (N-methyl/N-ethyl adjacent to an activating group) is 1. The number of amides is 1. The molecule has 3 N–H and O–H groups in total. The van der Waals surface area contributed by atoms with Gasteiger partial charge in [0.15, 0.2) is 0 Å². The van der Waals surface area contributed by atoms with Gasteiger partial charge in [-0.3, -0.25) is 4.79 Å². The third-order valence-electron chi connectivity index (χ3n) is 1.97. The number of rotatable bonds is 4. The maximum Gasteiger partial charge on any atom is 0.234 e. The molecule has 0 heterocycles. The minimum Gasteiger partial charge on any atom is -0.368 e. The van der Waals surface area contributed by atoms with Crippen LogP contribution in [0, 0.1) is 0 Å². The van der Waals surface area contributed by atoms with Crippen LogP contribution in [0.25, 0.3) is 0 Å². The molecule has 0 radical (unpaired) electrons. The van der Waals surface area contributed by atoms with Crippen molar-refractivity contribution in [2.24, 2.45) is 5.73 Å². The molecule has 3 heteroatoms. The Morgan fingerprint density at radius 1 is 1.46 bits per heavy atom. The number of primary amides is 1. The van der Waals surface area contributed by atoms with E-state index in [1.54, 1.807) is 7.05 Å². The summed E-state index contributed by atoms with van der Waals surface area (Å²) in [5, 5.41) is 2.88. The third kappa shape index (κ3) is 2.87. The fraction of sp³-hybridized carbons (Fsp3) is 0.300. The van der Waals surface area contributed by atoms with Gasteiger partial charge in [-0.1, -0.05) is 30.3 Å². The number of nitrogens with two attached hydrogens (primary N) is 1. The van der Waals surface area contributed by atoms with Crippen LogP contribution < -0.4 is 11.1 Å². The average Bonchev–Trinajstić information content (AvgIpc) is 2.15. The summed E-state index contributed by atoms with van der Waals surface area (Å²) in [5.74, 6) is -0.314. The summed E-state index contributed by atoms with van der Waals surface area (Å²) in [6, 6.07) is 9.52. The van der Waals surface area contributed by atoms with Crippen molar-refractivity contribution in [3.63, 3.8) is 0 Å². The molecule has 0 saturated heterocycles. The van der Waals surface area contributed by atoms with Gasteiger partial charge >= 0.3 is 0 Å². The first-order valence-electron chi connectivity index (χ1n) is 4.24. The Balaban J connectivity index is 2.62. The van der Waals surface area contributed by atoms with Crippen LogP contribution in [-0.4, -0.2) is 19.0 Å². The zero-order valence-corrected chi connectivity index (χ0v) is 7.66. The Bertz CT molecular complexity index is 272. The molecule has 0 aliphatic rings. The fourth-order valence-corrected chi connectivity index (χ4v) is 1.19. The second-order valence-corrected chi connectivity index (χ2v) is 2.93. The highest BCUT2D eigenvalue weighted by molar-refractivity contribution is 5.80. The van der Waals surface area contributed by atoms with Gasteiger partial charge in [0.25, 0.3) is 0 Å². The molecule has 1 aromatic carbocycles. The Morgan fingerprint density at radius 2 is 2.08 bits per heavy atom. The monoisotopic (exact) mass is 178 g/mol. The van der Waals surface area contributed by atoms with Crippen LogP contribution in [0.5, 0.6) is 0 Å². The zero-order valence-electron chi connectivity index (χ0n) is 7.66. The van der Waals surface area contributed by atoms with Gasteiger partial charge in [0.05, 0.1) is 6.04 Å². The maximum atomic E-state index is 10.9. The van der Waals surface area contributed by atoms with E-state index in [9.17, 15) is 4.79 Å². The van der Waals surface area contributed by atoms with Gasteiger partial charge in [0, 0.05) is 0 Å². The summed E-state index contributed by atoms with van der Waals surface area (Å²) in [4.78, 5) is 10.9. The van der Waals surface area contributed by atoms with Crippen LogP contribution >= 0.6 is 0 Å². The maximum absolute atomic E-state index is 10.9. The van der Waals surface area contributed by atoms with Gasteiger partial charge in [-0.25, -0.2) is 0 Å². The minimum absolute atomic E-state index is 0.276. The summed E-state index contributed by atoms with van der Waals surface area (Å²) in [6.45, 7) is 0. The Hall–Kier alpha value is -1.35. The summed E-state index contributed by atoms with van der Waals surface area (Å²) < 4.78 is 0. The lowest BCUT2D eigenvalue weighted by molar-refractivity contribution is -0.119. The molecule has 0 aliphatic heterocycles. The summed E-state index contributed by atoms with van der Waals surface area (Å²) in [6.07, 6.45) is 0.646. The first-order valence-corrected chi connectivity index (χ1v) is 4.24. The Morgan fingerprint density at radius 3 is 2.54 bits per heavy atom. The molecular weight excluding hydrogens is 164 g/mol. The van der Waals surface area contributed by atoms with Crippen LogP contribution in [-0.2, 0) is 11.2 Å². The Kier molecular flexibility index (Phi) is 3.46. The van der Waals surface area contributed by atoms with Crippen LogP contribution in [0.3, 0.4) is 0 Å². The second kappa shape index (κ2) is 4.62. The molecule has 0 aromatic heterocycles. The van der Waals surface area contributed by atoms with Gasteiger partial charge < -0.3 is 11.1 Å². The SMILES string of the molecule is CN[C@H](Cc1ccccc1)C(N)=O. The Labute approximate surface area is 77.9 Å². The quantitative estimate of drug-likeness (QED) is 0.697. The van der Waals surface area contributed by atoms with Crippen LogP contribution in [0.4, 0.5) is 0 Å². The van der Waals surface area contributed by atoms with Crippen molar-refractivity contribution in [1.82, 2.24) is 5.32 Å². The third-order valence-corrected chi connectivity index (χ3v) is 1.97. The normalized spacial score (nSPS) is 12.4. The molecule has 13 heavy (non-hydrogen) atoms. The number of hydrogen-bond donors (Lipinski definition) is 2. The molecule has 0 bridgehead atoms. The molecule has 0 fully saturated rings. The number of nitrogens with one attached hydrogen (secondary N) is 1. The lowest BCUT2D eigenvalue weighted by Crippen LogP contribution is -2.40. The van der Waals surface area contributed by atoms with Crippen LogP contribution in [0.15, 0.2) is 30.3 Å². The first kappa shape index (κ1) is 9.74. The van der Waals surface area contributed by atoms with Crippen LogP contribution in [0.2, 0.25) is 0 Å². The first-order chi connectivity index (χ1) is 6.24. The molecule has 1 amide bonds. The average molecular weight is 178 g/mol. The van der Waals surface area contributed by atoms with Gasteiger partial charge in [-0.05, 0) is 19.0 Å². The van der Waals surface area contributed by atoms with E-state index in [4.69, 9.17) is 5.73 Å². The summed E-state index contributed by atoms with van der Waals surface area (Å²) >= 11 is 0.